The van der Waals surface area contributed by atoms with Gasteiger partial charge in [0, 0.05) is 25.0 Å². The minimum absolute atomic E-state index is 0.0670. The van der Waals surface area contributed by atoms with Crippen molar-refractivity contribution in [3.05, 3.63) is 35.8 Å². The van der Waals surface area contributed by atoms with E-state index in [-0.39, 0.29) is 11.4 Å². The summed E-state index contributed by atoms with van der Waals surface area (Å²) in [6.07, 6.45) is 1.25. The third-order valence-electron chi connectivity index (χ3n) is 2.92. The van der Waals surface area contributed by atoms with Crippen LogP contribution in [0.3, 0.4) is 0 Å². The maximum atomic E-state index is 14.0. The molecule has 1 saturated heterocycles. The second-order valence-electron chi connectivity index (χ2n) is 4.19. The maximum Gasteiger partial charge on any atom is 0.148 e. The molecule has 0 saturated carbocycles. The first kappa shape index (κ1) is 13.9. The molecule has 0 atom stereocenters. The summed E-state index contributed by atoms with van der Waals surface area (Å²) in [6, 6.07) is 8.16. The summed E-state index contributed by atoms with van der Waals surface area (Å²) in [4.78, 5) is 1.93. The van der Waals surface area contributed by atoms with E-state index < -0.39 is 0 Å². The van der Waals surface area contributed by atoms with Gasteiger partial charge < -0.3 is 15.0 Å². The van der Waals surface area contributed by atoms with E-state index >= 15 is 0 Å². The van der Waals surface area contributed by atoms with Crippen molar-refractivity contribution in [1.29, 1.82) is 10.5 Å². The number of hydrogen-bond acceptors (Lipinski definition) is 5. The quantitative estimate of drug-likeness (QED) is 0.852. The van der Waals surface area contributed by atoms with Crippen LogP contribution in [-0.2, 0) is 4.74 Å². The molecule has 6 heteroatoms. The second-order valence-corrected chi connectivity index (χ2v) is 4.19. The molecule has 0 bridgehead atoms. The number of benzene rings is 1. The first-order valence-electron chi connectivity index (χ1n) is 6.13. The van der Waals surface area contributed by atoms with Crippen molar-refractivity contribution in [2.45, 2.75) is 0 Å². The van der Waals surface area contributed by atoms with Gasteiger partial charge in [-0.3, -0.25) is 0 Å². The van der Waals surface area contributed by atoms with E-state index in [2.05, 4.69) is 5.32 Å². The molecule has 0 aliphatic carbocycles. The van der Waals surface area contributed by atoms with Gasteiger partial charge in [0.15, 0.2) is 0 Å². The molecule has 0 unspecified atom stereocenters. The fraction of sp³-hybridized carbons (Fsp3) is 0.286. The Labute approximate surface area is 116 Å². The van der Waals surface area contributed by atoms with Crippen molar-refractivity contribution < 1.29 is 9.13 Å². The zero-order valence-corrected chi connectivity index (χ0v) is 10.8. The van der Waals surface area contributed by atoms with Gasteiger partial charge in [-0.15, -0.1) is 0 Å². The molecular weight excluding hydrogens is 259 g/mol. The van der Waals surface area contributed by atoms with E-state index in [0.717, 1.165) is 0 Å². The molecule has 2 rings (SSSR count). The highest BCUT2D eigenvalue weighted by Crippen LogP contribution is 2.23. The lowest BCUT2D eigenvalue weighted by Gasteiger charge is -2.29. The molecule has 102 valence electrons. The number of halogens is 1. The van der Waals surface area contributed by atoms with E-state index in [1.165, 1.54) is 12.3 Å². The topological polar surface area (TPSA) is 72.1 Å². The van der Waals surface area contributed by atoms with Crippen LogP contribution in [0.25, 0.3) is 0 Å². The average Bonchev–Trinajstić information content (AvgIpc) is 2.49. The number of nitrogens with zero attached hydrogens (tertiary/aromatic N) is 3. The molecule has 20 heavy (non-hydrogen) atoms. The number of nitriles is 2. The lowest BCUT2D eigenvalue weighted by atomic mass is 10.2. The smallest absolute Gasteiger partial charge is 0.148 e. The highest BCUT2D eigenvalue weighted by molar-refractivity contribution is 5.58. The maximum absolute atomic E-state index is 14.0. The number of morpholine rings is 1. The molecule has 1 aliphatic rings. The molecule has 1 aromatic carbocycles. The molecule has 1 N–H and O–H groups in total. The normalized spacial score (nSPS) is 14.1. The minimum atomic E-state index is -0.347. The largest absolute Gasteiger partial charge is 0.378 e. The average molecular weight is 272 g/mol. The van der Waals surface area contributed by atoms with Crippen molar-refractivity contribution >= 4 is 11.4 Å². The van der Waals surface area contributed by atoms with Crippen LogP contribution in [0.2, 0.25) is 0 Å². The summed E-state index contributed by atoms with van der Waals surface area (Å²) in [5.74, 6) is -0.347. The summed E-state index contributed by atoms with van der Waals surface area (Å²) < 4.78 is 19.3. The molecule has 0 aromatic heterocycles. The molecule has 0 spiro atoms. The lowest BCUT2D eigenvalue weighted by Crippen LogP contribution is -2.36. The zero-order valence-electron chi connectivity index (χ0n) is 10.8. The van der Waals surface area contributed by atoms with Crippen molar-refractivity contribution in [3.8, 4) is 12.1 Å². The molecule has 1 heterocycles. The number of anilines is 2. The van der Waals surface area contributed by atoms with Crippen LogP contribution in [0, 0.1) is 28.5 Å². The Hall–Kier alpha value is -2.57. The van der Waals surface area contributed by atoms with Gasteiger partial charge in [0.25, 0.3) is 0 Å². The fourth-order valence-electron chi connectivity index (χ4n) is 1.90. The van der Waals surface area contributed by atoms with Crippen molar-refractivity contribution in [3.63, 3.8) is 0 Å². The van der Waals surface area contributed by atoms with Crippen LogP contribution in [-0.4, -0.2) is 26.3 Å². The standard InChI is InChI=1S/C14H13FN4O/c15-13-7-12(18-10-11(8-16)9-17)1-2-14(13)19-3-5-20-6-4-19/h1-2,7,10,18H,3-6H2. The van der Waals surface area contributed by atoms with Gasteiger partial charge in [-0.1, -0.05) is 0 Å². The molecular formula is C14H13FN4O. The van der Waals surface area contributed by atoms with Gasteiger partial charge in [0.1, 0.15) is 23.5 Å². The van der Waals surface area contributed by atoms with Gasteiger partial charge in [-0.2, -0.15) is 10.5 Å². The zero-order chi connectivity index (χ0) is 14.4. The van der Waals surface area contributed by atoms with Crippen molar-refractivity contribution in [1.82, 2.24) is 0 Å². The monoisotopic (exact) mass is 272 g/mol. The summed E-state index contributed by atoms with van der Waals surface area (Å²) in [6.45, 7) is 2.51. The van der Waals surface area contributed by atoms with Crippen molar-refractivity contribution in [2.75, 3.05) is 36.5 Å². The van der Waals surface area contributed by atoms with Gasteiger partial charge in [-0.05, 0) is 18.2 Å². The minimum Gasteiger partial charge on any atom is -0.378 e. The van der Waals surface area contributed by atoms with Crippen LogP contribution in [0.5, 0.6) is 0 Å². The first-order chi connectivity index (χ1) is 9.74. The number of ether oxygens (including phenoxy) is 1. The lowest BCUT2D eigenvalue weighted by molar-refractivity contribution is 0.122. The van der Waals surface area contributed by atoms with E-state index in [4.69, 9.17) is 15.3 Å². The summed E-state index contributed by atoms with van der Waals surface area (Å²) in [5.41, 5.74) is 0.953. The van der Waals surface area contributed by atoms with Gasteiger partial charge >= 0.3 is 0 Å². The van der Waals surface area contributed by atoms with Crippen LogP contribution >= 0.6 is 0 Å². The number of allylic oxidation sites excluding steroid dienone is 1. The molecule has 0 amide bonds. The molecule has 1 aromatic rings. The second kappa shape index (κ2) is 6.55. The SMILES string of the molecule is N#CC(C#N)=CNc1ccc(N2CCOCC2)c(F)c1. The predicted octanol–water partition coefficient (Wildman–Crippen LogP) is 2.01. The highest BCUT2D eigenvalue weighted by Gasteiger charge is 2.15. The number of rotatable bonds is 3. The Kier molecular flexibility index (Phi) is 4.54. The Balaban J connectivity index is 2.12. The van der Waals surface area contributed by atoms with E-state index in [9.17, 15) is 4.39 Å². The Morgan fingerprint density at radius 3 is 2.60 bits per heavy atom. The Morgan fingerprint density at radius 2 is 2.00 bits per heavy atom. The van der Waals surface area contributed by atoms with Crippen molar-refractivity contribution in [2.24, 2.45) is 0 Å². The van der Waals surface area contributed by atoms with E-state index in [1.54, 1.807) is 24.3 Å². The van der Waals surface area contributed by atoms with Crippen LogP contribution in [0.15, 0.2) is 30.0 Å². The third-order valence-corrected chi connectivity index (χ3v) is 2.92. The molecule has 5 nitrogen and oxygen atoms in total. The van der Waals surface area contributed by atoms with E-state index in [0.29, 0.717) is 37.7 Å². The molecule has 1 fully saturated rings. The number of hydrogen-bond donors (Lipinski definition) is 1. The van der Waals surface area contributed by atoms with Gasteiger partial charge in [-0.25, -0.2) is 4.39 Å². The van der Waals surface area contributed by atoms with Gasteiger partial charge in [0.05, 0.1) is 18.9 Å². The van der Waals surface area contributed by atoms with Crippen LogP contribution < -0.4 is 10.2 Å². The number of nitrogens with one attached hydrogen (secondary N) is 1. The molecule has 0 radical (unpaired) electrons. The predicted molar refractivity (Wildman–Crippen MR) is 72.4 cm³/mol. The fourth-order valence-corrected chi connectivity index (χ4v) is 1.90. The Bertz CT molecular complexity index is 578. The van der Waals surface area contributed by atoms with E-state index in [1.807, 2.05) is 4.90 Å². The van der Waals surface area contributed by atoms with Gasteiger partial charge in [0.2, 0.25) is 0 Å². The summed E-state index contributed by atoms with van der Waals surface area (Å²) in [7, 11) is 0. The highest BCUT2D eigenvalue weighted by atomic mass is 19.1. The van der Waals surface area contributed by atoms with Crippen LogP contribution in [0.4, 0.5) is 15.8 Å². The first-order valence-corrected chi connectivity index (χ1v) is 6.13. The summed E-state index contributed by atoms with van der Waals surface area (Å²) in [5, 5.41) is 19.9. The van der Waals surface area contributed by atoms with Crippen LogP contribution in [0.1, 0.15) is 0 Å². The Morgan fingerprint density at radius 1 is 1.30 bits per heavy atom. The summed E-state index contributed by atoms with van der Waals surface area (Å²) >= 11 is 0. The molecule has 1 aliphatic heterocycles. The third kappa shape index (κ3) is 3.25.